The average molecular weight is 226 g/mol. The third kappa shape index (κ3) is 3.76. The summed E-state index contributed by atoms with van der Waals surface area (Å²) in [6.07, 6.45) is 1.38. The smallest absolute Gasteiger partial charge is 0.340 e. The zero-order valence-corrected chi connectivity index (χ0v) is 8.18. The van der Waals surface area contributed by atoms with Gasteiger partial charge in [-0.25, -0.2) is 0 Å². The van der Waals surface area contributed by atoms with Crippen LogP contribution in [0.2, 0.25) is 0 Å². The molecule has 15 heavy (non-hydrogen) atoms. The lowest BCUT2D eigenvalue weighted by Crippen LogP contribution is -2.12. The molecule has 0 aliphatic rings. The molecule has 0 amide bonds. The summed E-state index contributed by atoms with van der Waals surface area (Å²) in [6, 6.07) is 7.88. The minimum absolute atomic E-state index is 0.275. The molecule has 0 radical (unpaired) electrons. The molecule has 1 aromatic carbocycles. The van der Waals surface area contributed by atoms with Crippen molar-refractivity contribution in [2.75, 3.05) is 0 Å². The van der Waals surface area contributed by atoms with Crippen molar-refractivity contribution in [3.63, 3.8) is 0 Å². The van der Waals surface area contributed by atoms with Gasteiger partial charge in [0.25, 0.3) is 5.90 Å². The number of hydrogen-bond acceptors (Lipinski definition) is 5. The lowest BCUT2D eigenvalue weighted by molar-refractivity contribution is 0.383. The minimum Gasteiger partial charge on any atom is -0.340 e. The van der Waals surface area contributed by atoms with Crippen LogP contribution in [0.1, 0.15) is 5.56 Å². The first-order valence-electron chi connectivity index (χ1n) is 3.72. The summed E-state index contributed by atoms with van der Waals surface area (Å²) in [5, 5.41) is 8.30. The van der Waals surface area contributed by atoms with Crippen molar-refractivity contribution < 1.29 is 17.2 Å². The molecular weight excluding hydrogens is 220 g/mol. The maximum Gasteiger partial charge on any atom is 0.448 e. The fourth-order valence-corrected chi connectivity index (χ4v) is 1.19. The number of aliphatic imine (C=N–C) groups is 1. The van der Waals surface area contributed by atoms with E-state index < -0.39 is 16.3 Å². The Morgan fingerprint density at radius 1 is 1.40 bits per heavy atom. The Bertz CT molecular complexity index is 501. The second-order valence-electron chi connectivity index (χ2n) is 2.39. The standard InChI is InChI=1S/C8H6N2O4S/c9-6-10-8(14-15(11,12)13)7-4-2-1-3-5-7/h1-5H,(H,11,12,13). The molecule has 78 valence electrons. The van der Waals surface area contributed by atoms with Gasteiger partial charge in [0.15, 0.2) is 0 Å². The molecule has 7 heteroatoms. The fourth-order valence-electron chi connectivity index (χ4n) is 0.857. The van der Waals surface area contributed by atoms with Crippen molar-refractivity contribution in [1.29, 1.82) is 5.26 Å². The van der Waals surface area contributed by atoms with E-state index >= 15 is 0 Å². The summed E-state index contributed by atoms with van der Waals surface area (Å²) in [6.45, 7) is 0. The van der Waals surface area contributed by atoms with Crippen molar-refractivity contribution in [2.24, 2.45) is 4.99 Å². The molecule has 0 bridgehead atoms. The van der Waals surface area contributed by atoms with E-state index in [1.807, 2.05) is 0 Å². The molecule has 0 saturated carbocycles. The third-order valence-corrected chi connectivity index (χ3v) is 1.73. The molecule has 1 rings (SSSR count). The van der Waals surface area contributed by atoms with Crippen LogP contribution in [0.25, 0.3) is 0 Å². The van der Waals surface area contributed by atoms with Gasteiger partial charge in [-0.2, -0.15) is 13.7 Å². The van der Waals surface area contributed by atoms with E-state index in [1.165, 1.54) is 18.3 Å². The molecule has 0 fully saturated rings. The highest BCUT2D eigenvalue weighted by Crippen LogP contribution is 2.04. The molecule has 0 saturated heterocycles. The molecule has 1 N–H and O–H groups in total. The highest BCUT2D eigenvalue weighted by atomic mass is 32.3. The van der Waals surface area contributed by atoms with Crippen molar-refractivity contribution >= 4 is 16.3 Å². The summed E-state index contributed by atoms with van der Waals surface area (Å²) in [5.74, 6) is -0.472. The first-order chi connectivity index (χ1) is 7.03. The summed E-state index contributed by atoms with van der Waals surface area (Å²) >= 11 is 0. The van der Waals surface area contributed by atoms with Gasteiger partial charge < -0.3 is 4.18 Å². The van der Waals surface area contributed by atoms with Crippen molar-refractivity contribution in [1.82, 2.24) is 0 Å². The van der Waals surface area contributed by atoms with Gasteiger partial charge in [-0.3, -0.25) is 4.55 Å². The SMILES string of the molecule is N#CN=C(OS(=O)(=O)O)c1ccccc1. The summed E-state index contributed by atoms with van der Waals surface area (Å²) in [7, 11) is -4.68. The van der Waals surface area contributed by atoms with E-state index in [2.05, 4.69) is 9.18 Å². The van der Waals surface area contributed by atoms with E-state index in [-0.39, 0.29) is 5.56 Å². The zero-order chi connectivity index (χ0) is 11.3. The number of nitriles is 1. The van der Waals surface area contributed by atoms with Gasteiger partial charge in [0.05, 0.1) is 0 Å². The van der Waals surface area contributed by atoms with Gasteiger partial charge in [-0.1, -0.05) is 18.2 Å². The Kier molecular flexibility index (Phi) is 3.38. The van der Waals surface area contributed by atoms with Gasteiger partial charge in [0.2, 0.25) is 6.19 Å². The lowest BCUT2D eigenvalue weighted by Gasteiger charge is -2.02. The van der Waals surface area contributed by atoms with Gasteiger partial charge in [-0.15, -0.1) is 4.99 Å². The second kappa shape index (κ2) is 4.54. The first-order valence-corrected chi connectivity index (χ1v) is 5.08. The van der Waals surface area contributed by atoms with E-state index in [9.17, 15) is 8.42 Å². The molecule has 0 spiro atoms. The quantitative estimate of drug-likeness (QED) is 0.347. The Labute approximate surface area is 86.4 Å². The Balaban J connectivity index is 3.07. The maximum absolute atomic E-state index is 10.4. The molecule has 0 heterocycles. The average Bonchev–Trinajstić information content (AvgIpc) is 2.17. The predicted octanol–water partition coefficient (Wildman–Crippen LogP) is 0.734. The van der Waals surface area contributed by atoms with Gasteiger partial charge in [-0.05, 0) is 12.1 Å². The molecule has 0 aliphatic carbocycles. The topological polar surface area (TPSA) is 99.8 Å². The van der Waals surface area contributed by atoms with E-state index in [1.54, 1.807) is 18.2 Å². The van der Waals surface area contributed by atoms with Crippen molar-refractivity contribution in [3.05, 3.63) is 35.9 Å². The Morgan fingerprint density at radius 3 is 2.47 bits per heavy atom. The zero-order valence-electron chi connectivity index (χ0n) is 7.36. The number of nitrogens with zero attached hydrogens (tertiary/aromatic N) is 2. The third-order valence-electron chi connectivity index (χ3n) is 1.36. The Morgan fingerprint density at radius 2 is 2.00 bits per heavy atom. The largest absolute Gasteiger partial charge is 0.448 e. The van der Waals surface area contributed by atoms with Gasteiger partial charge in [0.1, 0.15) is 0 Å². The maximum atomic E-state index is 10.4. The van der Waals surface area contributed by atoms with E-state index in [4.69, 9.17) is 9.81 Å². The van der Waals surface area contributed by atoms with Crippen LogP contribution in [0.5, 0.6) is 0 Å². The number of benzene rings is 1. The molecular formula is C8H6N2O4S. The molecule has 1 aromatic rings. The fraction of sp³-hybridized carbons (Fsp3) is 0. The van der Waals surface area contributed by atoms with Crippen LogP contribution in [0.4, 0.5) is 0 Å². The highest BCUT2D eigenvalue weighted by Gasteiger charge is 2.13. The molecule has 0 unspecified atom stereocenters. The minimum atomic E-state index is -4.68. The lowest BCUT2D eigenvalue weighted by atomic mass is 10.2. The van der Waals surface area contributed by atoms with Crippen LogP contribution in [-0.2, 0) is 14.6 Å². The van der Waals surface area contributed by atoms with E-state index in [0.29, 0.717) is 0 Å². The first kappa shape index (κ1) is 11.2. The molecule has 0 atom stereocenters. The number of hydrogen-bond donors (Lipinski definition) is 1. The molecule has 0 aliphatic heterocycles. The van der Waals surface area contributed by atoms with E-state index in [0.717, 1.165) is 0 Å². The summed E-state index contributed by atoms with van der Waals surface area (Å²) in [5.41, 5.74) is 0.275. The molecule has 0 aromatic heterocycles. The normalized spacial score (nSPS) is 11.9. The van der Waals surface area contributed by atoms with Crippen LogP contribution < -0.4 is 0 Å². The van der Waals surface area contributed by atoms with Crippen molar-refractivity contribution in [3.8, 4) is 6.19 Å². The summed E-state index contributed by atoms with van der Waals surface area (Å²) in [4.78, 5) is 3.14. The van der Waals surface area contributed by atoms with Gasteiger partial charge >= 0.3 is 10.4 Å². The van der Waals surface area contributed by atoms with Crippen LogP contribution in [-0.4, -0.2) is 18.9 Å². The van der Waals surface area contributed by atoms with Crippen LogP contribution >= 0.6 is 0 Å². The monoisotopic (exact) mass is 226 g/mol. The summed E-state index contributed by atoms with van der Waals surface area (Å²) < 4.78 is 33.4. The highest BCUT2D eigenvalue weighted by molar-refractivity contribution is 7.81. The van der Waals surface area contributed by atoms with Crippen LogP contribution in [0.15, 0.2) is 35.3 Å². The predicted molar refractivity (Wildman–Crippen MR) is 51.2 cm³/mol. The second-order valence-corrected chi connectivity index (χ2v) is 3.42. The Hall–Kier alpha value is -1.91. The number of rotatable bonds is 2. The van der Waals surface area contributed by atoms with Crippen LogP contribution in [0.3, 0.4) is 0 Å². The van der Waals surface area contributed by atoms with Crippen LogP contribution in [0, 0.1) is 11.5 Å². The van der Waals surface area contributed by atoms with Gasteiger partial charge in [0, 0.05) is 5.56 Å². The molecule has 6 nitrogen and oxygen atoms in total. The van der Waals surface area contributed by atoms with Crippen molar-refractivity contribution in [2.45, 2.75) is 0 Å².